The third-order valence-electron chi connectivity index (χ3n) is 4.72. The highest BCUT2D eigenvalue weighted by molar-refractivity contribution is 9.10. The van der Waals surface area contributed by atoms with Crippen LogP contribution in [0.2, 0.25) is 0 Å². The highest BCUT2D eigenvalue weighted by Gasteiger charge is 2.40. The fourth-order valence-corrected chi connectivity index (χ4v) is 4.13. The van der Waals surface area contributed by atoms with E-state index < -0.39 is 5.60 Å². The minimum atomic E-state index is -1.03. The molecule has 3 heteroatoms. The highest BCUT2D eigenvalue weighted by atomic mass is 79.9. The summed E-state index contributed by atoms with van der Waals surface area (Å²) in [4.78, 5) is 0. The summed E-state index contributed by atoms with van der Waals surface area (Å²) in [5.41, 5.74) is 5.18. The number of rotatable bonds is 2. The van der Waals surface area contributed by atoms with Gasteiger partial charge >= 0.3 is 0 Å². The van der Waals surface area contributed by atoms with Crippen molar-refractivity contribution in [1.29, 1.82) is 0 Å². The molecular formula is C22H16Br2O. The Balaban J connectivity index is 2.04. The molecule has 1 atom stereocenters. The third kappa shape index (κ3) is 2.80. The molecule has 0 spiro atoms. The van der Waals surface area contributed by atoms with Gasteiger partial charge < -0.3 is 5.11 Å². The van der Waals surface area contributed by atoms with E-state index in [1.54, 1.807) is 0 Å². The summed E-state index contributed by atoms with van der Waals surface area (Å²) in [7, 11) is 0. The Labute approximate surface area is 164 Å². The van der Waals surface area contributed by atoms with E-state index in [1.807, 2.05) is 49.4 Å². The van der Waals surface area contributed by atoms with Gasteiger partial charge in [-0.2, -0.15) is 0 Å². The molecule has 0 aliphatic heterocycles. The molecule has 3 aromatic carbocycles. The minimum Gasteiger partial charge on any atom is -0.381 e. The topological polar surface area (TPSA) is 20.2 Å². The van der Waals surface area contributed by atoms with Gasteiger partial charge in [0.2, 0.25) is 0 Å². The highest BCUT2D eigenvalue weighted by Crippen LogP contribution is 2.51. The second kappa shape index (κ2) is 6.24. The molecule has 0 heterocycles. The Morgan fingerprint density at radius 2 is 1.24 bits per heavy atom. The second-order valence-corrected chi connectivity index (χ2v) is 8.21. The maximum Gasteiger partial charge on any atom is 0.114 e. The van der Waals surface area contributed by atoms with Crippen molar-refractivity contribution in [3.63, 3.8) is 0 Å². The van der Waals surface area contributed by atoms with Crippen molar-refractivity contribution >= 4 is 43.0 Å². The van der Waals surface area contributed by atoms with Crippen molar-refractivity contribution in [1.82, 2.24) is 0 Å². The summed E-state index contributed by atoms with van der Waals surface area (Å²) in [5.74, 6) is 0. The fraction of sp³-hybridized carbons (Fsp3) is 0.0909. The molecule has 0 saturated carbocycles. The monoisotopic (exact) mass is 454 g/mol. The lowest BCUT2D eigenvalue weighted by atomic mass is 9.87. The zero-order valence-electron chi connectivity index (χ0n) is 13.6. The van der Waals surface area contributed by atoms with E-state index in [-0.39, 0.29) is 0 Å². The van der Waals surface area contributed by atoms with E-state index in [1.165, 1.54) is 0 Å². The van der Waals surface area contributed by atoms with Gasteiger partial charge in [0.25, 0.3) is 0 Å². The van der Waals surface area contributed by atoms with E-state index in [2.05, 4.69) is 62.2 Å². The normalized spacial score (nSPS) is 19.2. The van der Waals surface area contributed by atoms with Crippen LogP contribution < -0.4 is 0 Å². The van der Waals surface area contributed by atoms with E-state index in [0.717, 1.165) is 42.3 Å². The Kier molecular flexibility index (Phi) is 4.19. The SMILES string of the molecule is CC1(O)C(c2ccc(Br)cc2)=C(c2ccc(Br)cc2)c2ccccc21. The summed E-state index contributed by atoms with van der Waals surface area (Å²) in [6.07, 6.45) is 0. The van der Waals surface area contributed by atoms with Gasteiger partial charge in [-0.3, -0.25) is 0 Å². The lowest BCUT2D eigenvalue weighted by Gasteiger charge is -2.24. The molecule has 0 amide bonds. The molecule has 1 aliphatic carbocycles. The number of hydrogen-bond acceptors (Lipinski definition) is 1. The molecule has 0 radical (unpaired) electrons. The first-order valence-electron chi connectivity index (χ1n) is 8.07. The Morgan fingerprint density at radius 3 is 1.84 bits per heavy atom. The van der Waals surface area contributed by atoms with Gasteiger partial charge in [-0.1, -0.05) is 80.4 Å². The average molecular weight is 456 g/mol. The predicted molar refractivity (Wildman–Crippen MR) is 110 cm³/mol. The molecule has 1 aliphatic rings. The van der Waals surface area contributed by atoms with Crippen molar-refractivity contribution in [3.8, 4) is 0 Å². The number of fused-ring (bicyclic) bond motifs is 1. The first-order valence-corrected chi connectivity index (χ1v) is 9.66. The molecule has 4 rings (SSSR count). The number of aliphatic hydroxyl groups is 1. The molecule has 1 unspecified atom stereocenters. The molecular weight excluding hydrogens is 440 g/mol. The van der Waals surface area contributed by atoms with Gasteiger partial charge in [-0.25, -0.2) is 0 Å². The predicted octanol–water partition coefficient (Wildman–Crippen LogP) is 6.39. The zero-order valence-corrected chi connectivity index (χ0v) is 16.8. The summed E-state index contributed by atoms with van der Waals surface area (Å²) >= 11 is 7.00. The molecule has 0 saturated heterocycles. The zero-order chi connectivity index (χ0) is 17.6. The van der Waals surface area contributed by atoms with Crippen molar-refractivity contribution in [2.45, 2.75) is 12.5 Å². The third-order valence-corrected chi connectivity index (χ3v) is 5.78. The quantitative estimate of drug-likeness (QED) is 0.474. The van der Waals surface area contributed by atoms with E-state index in [4.69, 9.17) is 0 Å². The lowest BCUT2D eigenvalue weighted by molar-refractivity contribution is 0.125. The van der Waals surface area contributed by atoms with Crippen LogP contribution in [-0.4, -0.2) is 5.11 Å². The van der Waals surface area contributed by atoms with Crippen LogP contribution in [0.5, 0.6) is 0 Å². The largest absolute Gasteiger partial charge is 0.381 e. The maximum atomic E-state index is 11.4. The fourth-order valence-electron chi connectivity index (χ4n) is 3.60. The molecule has 1 nitrogen and oxygen atoms in total. The van der Waals surface area contributed by atoms with Crippen LogP contribution >= 0.6 is 31.9 Å². The average Bonchev–Trinajstić information content (AvgIpc) is 2.85. The van der Waals surface area contributed by atoms with Crippen LogP contribution in [0.25, 0.3) is 11.1 Å². The second-order valence-electron chi connectivity index (χ2n) is 6.38. The first-order chi connectivity index (χ1) is 12.0. The Bertz CT molecular complexity index is 968. The smallest absolute Gasteiger partial charge is 0.114 e. The number of halogens is 2. The van der Waals surface area contributed by atoms with Crippen molar-refractivity contribution < 1.29 is 5.11 Å². The molecule has 0 fully saturated rings. The van der Waals surface area contributed by atoms with Crippen molar-refractivity contribution in [3.05, 3.63) is 104 Å². The lowest BCUT2D eigenvalue weighted by Crippen LogP contribution is -2.20. The number of benzene rings is 3. The van der Waals surface area contributed by atoms with Gasteiger partial charge in [0.05, 0.1) is 0 Å². The van der Waals surface area contributed by atoms with E-state index >= 15 is 0 Å². The van der Waals surface area contributed by atoms with E-state index in [9.17, 15) is 5.11 Å². The van der Waals surface area contributed by atoms with Gasteiger partial charge in [-0.15, -0.1) is 0 Å². The molecule has 0 bridgehead atoms. The Hall–Kier alpha value is -1.68. The summed E-state index contributed by atoms with van der Waals surface area (Å²) in [6.45, 7) is 1.88. The van der Waals surface area contributed by atoms with Crippen molar-refractivity contribution in [2.75, 3.05) is 0 Å². The molecule has 25 heavy (non-hydrogen) atoms. The summed E-state index contributed by atoms with van der Waals surface area (Å²) in [5, 5.41) is 11.4. The van der Waals surface area contributed by atoms with Crippen LogP contribution in [0.4, 0.5) is 0 Å². The van der Waals surface area contributed by atoms with Crippen LogP contribution in [0.1, 0.15) is 29.2 Å². The van der Waals surface area contributed by atoms with Crippen LogP contribution in [0.15, 0.2) is 81.7 Å². The minimum absolute atomic E-state index is 0.948. The molecule has 124 valence electrons. The van der Waals surface area contributed by atoms with Gasteiger partial charge in [0.15, 0.2) is 0 Å². The molecule has 1 N–H and O–H groups in total. The van der Waals surface area contributed by atoms with Gasteiger partial charge in [-0.05, 0) is 59.0 Å². The molecule has 3 aromatic rings. The molecule has 0 aromatic heterocycles. The van der Waals surface area contributed by atoms with Crippen LogP contribution in [0.3, 0.4) is 0 Å². The van der Waals surface area contributed by atoms with Crippen LogP contribution in [0, 0.1) is 0 Å². The van der Waals surface area contributed by atoms with E-state index in [0.29, 0.717) is 0 Å². The Morgan fingerprint density at radius 1 is 0.720 bits per heavy atom. The summed E-state index contributed by atoms with van der Waals surface area (Å²) in [6, 6.07) is 24.5. The maximum absolute atomic E-state index is 11.4. The van der Waals surface area contributed by atoms with Gasteiger partial charge in [0.1, 0.15) is 5.60 Å². The first kappa shape index (κ1) is 16.8. The number of hydrogen-bond donors (Lipinski definition) is 1. The van der Waals surface area contributed by atoms with Gasteiger partial charge in [0, 0.05) is 14.5 Å². The standard InChI is InChI=1S/C22H16Br2O/c1-22(25)19-5-3-2-4-18(19)20(14-6-10-16(23)11-7-14)21(22)15-8-12-17(24)13-9-15/h2-13,25H,1H3. The summed E-state index contributed by atoms with van der Waals surface area (Å²) < 4.78 is 2.07. The van der Waals surface area contributed by atoms with Crippen molar-refractivity contribution in [2.24, 2.45) is 0 Å². The van der Waals surface area contributed by atoms with Crippen LogP contribution in [-0.2, 0) is 5.60 Å².